The van der Waals surface area contributed by atoms with Gasteiger partial charge in [-0.15, -0.1) is 0 Å². The number of halogens is 3. The predicted molar refractivity (Wildman–Crippen MR) is 83.7 cm³/mol. The lowest BCUT2D eigenvalue weighted by molar-refractivity contribution is 0.578. The van der Waals surface area contributed by atoms with E-state index in [4.69, 9.17) is 0 Å². The molecule has 2 rings (SSSR count). The average molecular weight is 387 g/mol. The van der Waals surface area contributed by atoms with Crippen LogP contribution in [0.4, 0.5) is 4.39 Å². The van der Waals surface area contributed by atoms with Crippen LogP contribution in [0.5, 0.6) is 0 Å². The van der Waals surface area contributed by atoms with Crippen LogP contribution in [0.1, 0.15) is 17.2 Å². The summed E-state index contributed by atoms with van der Waals surface area (Å²) in [5.74, 6) is -0.223. The number of rotatable bonds is 4. The van der Waals surface area contributed by atoms with E-state index in [2.05, 4.69) is 43.2 Å². The van der Waals surface area contributed by atoms with Crippen LogP contribution in [0.3, 0.4) is 0 Å². The van der Waals surface area contributed by atoms with E-state index >= 15 is 0 Å². The summed E-state index contributed by atoms with van der Waals surface area (Å²) in [7, 11) is 1.91. The topological polar surface area (TPSA) is 12.0 Å². The van der Waals surface area contributed by atoms with Crippen molar-refractivity contribution in [2.45, 2.75) is 12.5 Å². The summed E-state index contributed by atoms with van der Waals surface area (Å²) in [5, 5.41) is 3.28. The molecule has 0 radical (unpaired) electrons. The fourth-order valence-corrected chi connectivity index (χ4v) is 3.04. The first-order valence-electron chi connectivity index (χ1n) is 5.98. The molecule has 1 unspecified atom stereocenters. The maximum atomic E-state index is 13.5. The minimum atomic E-state index is -0.223. The van der Waals surface area contributed by atoms with Gasteiger partial charge in [0.2, 0.25) is 0 Å². The van der Waals surface area contributed by atoms with Gasteiger partial charge in [-0.1, -0.05) is 46.3 Å². The van der Waals surface area contributed by atoms with Crippen molar-refractivity contribution in [1.82, 2.24) is 5.32 Å². The maximum Gasteiger partial charge on any atom is 0.137 e. The summed E-state index contributed by atoms with van der Waals surface area (Å²) in [6, 6.07) is 13.3. The van der Waals surface area contributed by atoms with Gasteiger partial charge in [0.25, 0.3) is 0 Å². The number of nitrogens with one attached hydrogen (secondary N) is 1. The molecule has 0 aliphatic carbocycles. The van der Waals surface area contributed by atoms with Crippen molar-refractivity contribution >= 4 is 31.9 Å². The summed E-state index contributed by atoms with van der Waals surface area (Å²) in [5.41, 5.74) is 2.12. The van der Waals surface area contributed by atoms with Gasteiger partial charge in [-0.2, -0.15) is 0 Å². The molecule has 0 saturated heterocycles. The van der Waals surface area contributed by atoms with E-state index < -0.39 is 0 Å². The third-order valence-electron chi connectivity index (χ3n) is 3.08. The Labute approximate surface area is 129 Å². The van der Waals surface area contributed by atoms with E-state index in [-0.39, 0.29) is 11.9 Å². The van der Waals surface area contributed by atoms with Crippen molar-refractivity contribution in [3.05, 3.63) is 68.4 Å². The van der Waals surface area contributed by atoms with E-state index in [1.54, 1.807) is 6.07 Å². The molecule has 2 aromatic rings. The van der Waals surface area contributed by atoms with Crippen LogP contribution < -0.4 is 5.32 Å². The number of benzene rings is 2. The van der Waals surface area contributed by atoms with E-state index in [1.807, 2.05) is 31.3 Å². The number of hydrogen-bond donors (Lipinski definition) is 1. The first kappa shape index (κ1) is 14.7. The Morgan fingerprint density at radius 2 is 1.84 bits per heavy atom. The Morgan fingerprint density at radius 1 is 1.11 bits per heavy atom. The largest absolute Gasteiger partial charge is 0.313 e. The molecule has 1 atom stereocenters. The first-order chi connectivity index (χ1) is 9.13. The van der Waals surface area contributed by atoms with Gasteiger partial charge in [0.15, 0.2) is 0 Å². The van der Waals surface area contributed by atoms with Gasteiger partial charge in [-0.05, 0) is 52.7 Å². The fourth-order valence-electron chi connectivity index (χ4n) is 2.05. The second-order valence-electron chi connectivity index (χ2n) is 4.28. The minimum Gasteiger partial charge on any atom is -0.313 e. The van der Waals surface area contributed by atoms with Gasteiger partial charge in [0.05, 0.1) is 4.47 Å². The van der Waals surface area contributed by atoms with Crippen LogP contribution in [0.2, 0.25) is 0 Å². The molecule has 2 aromatic carbocycles. The van der Waals surface area contributed by atoms with Crippen molar-refractivity contribution in [3.63, 3.8) is 0 Å². The average Bonchev–Trinajstić information content (AvgIpc) is 2.41. The molecule has 4 heteroatoms. The normalized spacial score (nSPS) is 12.4. The Bertz CT molecular complexity index is 572. The Kier molecular flexibility index (Phi) is 5.13. The van der Waals surface area contributed by atoms with E-state index in [9.17, 15) is 4.39 Å². The highest BCUT2D eigenvalue weighted by molar-refractivity contribution is 9.10. The van der Waals surface area contributed by atoms with Crippen LogP contribution >= 0.6 is 31.9 Å². The third-order valence-corrected chi connectivity index (χ3v) is 4.69. The Morgan fingerprint density at radius 3 is 2.53 bits per heavy atom. The fraction of sp³-hybridized carbons (Fsp3) is 0.200. The van der Waals surface area contributed by atoms with E-state index in [0.717, 1.165) is 16.5 Å². The quantitative estimate of drug-likeness (QED) is 0.791. The molecule has 0 spiro atoms. The number of hydrogen-bond acceptors (Lipinski definition) is 1. The standard InChI is InChI=1S/C15H14Br2FN/c1-19-14(11-6-2-3-7-12(11)16)9-10-5-4-8-13(18)15(10)17/h2-8,14,19H,9H2,1H3. The molecular weight excluding hydrogens is 373 g/mol. The van der Waals surface area contributed by atoms with Gasteiger partial charge >= 0.3 is 0 Å². The summed E-state index contributed by atoms with van der Waals surface area (Å²) in [4.78, 5) is 0. The molecule has 19 heavy (non-hydrogen) atoms. The summed E-state index contributed by atoms with van der Waals surface area (Å²) < 4.78 is 15.1. The van der Waals surface area contributed by atoms with Crippen molar-refractivity contribution in [1.29, 1.82) is 0 Å². The Hall–Kier alpha value is -0.710. The molecule has 0 fully saturated rings. The molecule has 0 saturated carbocycles. The van der Waals surface area contributed by atoms with Crippen LogP contribution in [-0.2, 0) is 6.42 Å². The van der Waals surface area contributed by atoms with Crippen molar-refractivity contribution in [2.75, 3.05) is 7.05 Å². The SMILES string of the molecule is CNC(Cc1cccc(F)c1Br)c1ccccc1Br. The smallest absolute Gasteiger partial charge is 0.137 e. The predicted octanol–water partition coefficient (Wildman–Crippen LogP) is 4.85. The van der Waals surface area contributed by atoms with Crippen molar-refractivity contribution in [3.8, 4) is 0 Å². The molecule has 0 heterocycles. The van der Waals surface area contributed by atoms with E-state index in [1.165, 1.54) is 11.6 Å². The molecular formula is C15H14Br2FN. The second-order valence-corrected chi connectivity index (χ2v) is 5.93. The zero-order valence-corrected chi connectivity index (χ0v) is 13.6. The second kappa shape index (κ2) is 6.64. The van der Waals surface area contributed by atoms with E-state index in [0.29, 0.717) is 4.47 Å². The van der Waals surface area contributed by atoms with Gasteiger partial charge in [-0.3, -0.25) is 0 Å². The molecule has 1 nitrogen and oxygen atoms in total. The van der Waals surface area contributed by atoms with Crippen LogP contribution in [-0.4, -0.2) is 7.05 Å². The molecule has 0 aliphatic rings. The van der Waals surface area contributed by atoms with Gasteiger partial charge in [-0.25, -0.2) is 4.39 Å². The molecule has 100 valence electrons. The number of likely N-dealkylation sites (N-methyl/N-ethyl adjacent to an activating group) is 1. The van der Waals surface area contributed by atoms with Crippen LogP contribution in [0, 0.1) is 5.82 Å². The summed E-state index contributed by atoms with van der Waals surface area (Å²) in [6.45, 7) is 0. The third kappa shape index (κ3) is 3.44. The van der Waals surface area contributed by atoms with Crippen molar-refractivity contribution in [2.24, 2.45) is 0 Å². The zero-order chi connectivity index (χ0) is 13.8. The monoisotopic (exact) mass is 385 g/mol. The lowest BCUT2D eigenvalue weighted by atomic mass is 9.99. The molecule has 1 N–H and O–H groups in total. The summed E-state index contributed by atoms with van der Waals surface area (Å²) in [6.07, 6.45) is 0.720. The van der Waals surface area contributed by atoms with Crippen molar-refractivity contribution < 1.29 is 4.39 Å². The van der Waals surface area contributed by atoms with Crippen LogP contribution in [0.15, 0.2) is 51.4 Å². The van der Waals surface area contributed by atoms with Crippen LogP contribution in [0.25, 0.3) is 0 Å². The molecule has 0 bridgehead atoms. The maximum absolute atomic E-state index is 13.5. The van der Waals surface area contributed by atoms with Gasteiger partial charge in [0, 0.05) is 10.5 Å². The lowest BCUT2D eigenvalue weighted by Gasteiger charge is -2.19. The highest BCUT2D eigenvalue weighted by Gasteiger charge is 2.15. The zero-order valence-electron chi connectivity index (χ0n) is 10.5. The summed E-state index contributed by atoms with van der Waals surface area (Å²) >= 11 is 6.87. The van der Waals surface area contributed by atoms with Gasteiger partial charge in [0.1, 0.15) is 5.82 Å². The highest BCUT2D eigenvalue weighted by atomic mass is 79.9. The minimum absolute atomic E-state index is 0.133. The molecule has 0 aliphatic heterocycles. The lowest BCUT2D eigenvalue weighted by Crippen LogP contribution is -2.19. The molecule has 0 amide bonds. The van der Waals surface area contributed by atoms with Gasteiger partial charge < -0.3 is 5.32 Å². The first-order valence-corrected chi connectivity index (χ1v) is 7.56. The highest BCUT2D eigenvalue weighted by Crippen LogP contribution is 2.29. The Balaban J connectivity index is 2.30. The molecule has 0 aromatic heterocycles.